The van der Waals surface area contributed by atoms with Gasteiger partial charge in [-0.2, -0.15) is 17.5 Å². The fourth-order valence-electron chi connectivity index (χ4n) is 3.20. The van der Waals surface area contributed by atoms with E-state index >= 15 is 0 Å². The van der Waals surface area contributed by atoms with Gasteiger partial charge in [0, 0.05) is 19.2 Å². The summed E-state index contributed by atoms with van der Waals surface area (Å²) in [5, 5.41) is 2.39. The van der Waals surface area contributed by atoms with Crippen molar-refractivity contribution in [2.24, 2.45) is 0 Å². The summed E-state index contributed by atoms with van der Waals surface area (Å²) in [6, 6.07) is 6.64. The molecule has 0 saturated carbocycles. The van der Waals surface area contributed by atoms with E-state index in [9.17, 15) is 26.4 Å². The SMILES string of the molecule is O=C(/C=C/c1ccco1)Nc1cc(S(=O)(=O)N2CCCCCC2)ccc1OCC(F)(F)F. The van der Waals surface area contributed by atoms with Crippen LogP contribution in [0.1, 0.15) is 31.4 Å². The van der Waals surface area contributed by atoms with Gasteiger partial charge in [-0.15, -0.1) is 0 Å². The van der Waals surface area contributed by atoms with Gasteiger partial charge in [-0.05, 0) is 49.2 Å². The molecular formula is C21H23F3N2O5S. The summed E-state index contributed by atoms with van der Waals surface area (Å²) in [6.45, 7) is -0.860. The van der Waals surface area contributed by atoms with Crippen molar-refractivity contribution < 1.29 is 35.5 Å². The number of sulfonamides is 1. The fourth-order valence-corrected chi connectivity index (χ4v) is 4.75. The summed E-state index contributed by atoms with van der Waals surface area (Å²) < 4.78 is 75.2. The predicted octanol–water partition coefficient (Wildman–Crippen LogP) is 4.44. The van der Waals surface area contributed by atoms with Crippen LogP contribution in [0.25, 0.3) is 6.08 Å². The molecule has 1 saturated heterocycles. The summed E-state index contributed by atoms with van der Waals surface area (Å²) in [5.41, 5.74) is -0.181. The number of anilines is 1. The van der Waals surface area contributed by atoms with E-state index in [1.54, 1.807) is 12.1 Å². The summed E-state index contributed by atoms with van der Waals surface area (Å²) in [6.07, 6.45) is 2.61. The number of hydrogen-bond acceptors (Lipinski definition) is 5. The Hall–Kier alpha value is -2.79. The maximum Gasteiger partial charge on any atom is 0.422 e. The highest BCUT2D eigenvalue weighted by Crippen LogP contribution is 2.31. The third-order valence-electron chi connectivity index (χ3n) is 4.75. The first-order valence-corrected chi connectivity index (χ1v) is 11.5. The van der Waals surface area contributed by atoms with Crippen LogP contribution >= 0.6 is 0 Å². The highest BCUT2D eigenvalue weighted by atomic mass is 32.2. The number of carbonyl (C=O) groups is 1. The molecular weight excluding hydrogens is 449 g/mol. The standard InChI is InChI=1S/C21H23F3N2O5S/c22-21(23,24)15-31-19-9-8-17(32(28,29)26-11-3-1-2-4-12-26)14-18(19)25-20(27)10-7-16-6-5-13-30-16/h5-10,13-14H,1-4,11-12,15H2,(H,25,27)/b10-7+. The molecule has 1 aromatic heterocycles. The number of carbonyl (C=O) groups excluding carboxylic acids is 1. The highest BCUT2D eigenvalue weighted by Gasteiger charge is 2.30. The number of hydrogen-bond donors (Lipinski definition) is 1. The maximum atomic E-state index is 13.1. The van der Waals surface area contributed by atoms with Crippen LogP contribution in [0.15, 0.2) is 52.0 Å². The minimum absolute atomic E-state index is 0.135. The van der Waals surface area contributed by atoms with Crippen molar-refractivity contribution >= 4 is 27.7 Å². The molecule has 0 bridgehead atoms. The number of nitrogens with zero attached hydrogens (tertiary/aromatic N) is 1. The van der Waals surface area contributed by atoms with Crippen molar-refractivity contribution in [3.63, 3.8) is 0 Å². The van der Waals surface area contributed by atoms with Crippen molar-refractivity contribution in [3.05, 3.63) is 48.4 Å². The number of halogens is 3. The topological polar surface area (TPSA) is 88.8 Å². The average molecular weight is 472 g/mol. The van der Waals surface area contributed by atoms with E-state index in [0.717, 1.165) is 43.9 Å². The first kappa shape index (κ1) is 23.9. The van der Waals surface area contributed by atoms with Crippen molar-refractivity contribution in [1.82, 2.24) is 4.31 Å². The van der Waals surface area contributed by atoms with Crippen LogP contribution in [-0.2, 0) is 14.8 Å². The molecule has 2 heterocycles. The number of furan rings is 1. The zero-order valence-electron chi connectivity index (χ0n) is 17.1. The minimum Gasteiger partial charge on any atom is -0.482 e. The molecule has 0 unspecified atom stereocenters. The average Bonchev–Trinajstić information content (AvgIpc) is 3.10. The number of ether oxygens (including phenoxy) is 1. The Kier molecular flexibility index (Phi) is 7.62. The monoisotopic (exact) mass is 472 g/mol. The summed E-state index contributed by atoms with van der Waals surface area (Å²) in [4.78, 5) is 12.2. The lowest BCUT2D eigenvalue weighted by atomic mass is 10.2. The minimum atomic E-state index is -4.60. The normalized spacial score (nSPS) is 16.1. The highest BCUT2D eigenvalue weighted by molar-refractivity contribution is 7.89. The van der Waals surface area contributed by atoms with E-state index in [1.165, 1.54) is 22.7 Å². The van der Waals surface area contributed by atoms with Crippen LogP contribution in [0, 0.1) is 0 Å². The molecule has 0 radical (unpaired) electrons. The molecule has 0 atom stereocenters. The number of alkyl halides is 3. The second-order valence-electron chi connectivity index (χ2n) is 7.22. The Morgan fingerprint density at radius 2 is 1.88 bits per heavy atom. The van der Waals surface area contributed by atoms with Crippen LogP contribution in [0.3, 0.4) is 0 Å². The van der Waals surface area contributed by atoms with E-state index < -0.39 is 28.7 Å². The first-order valence-electron chi connectivity index (χ1n) is 10.0. The van der Waals surface area contributed by atoms with Gasteiger partial charge in [0.05, 0.1) is 16.8 Å². The molecule has 7 nitrogen and oxygen atoms in total. The van der Waals surface area contributed by atoms with Crippen LogP contribution < -0.4 is 10.1 Å². The van der Waals surface area contributed by atoms with Gasteiger partial charge in [0.25, 0.3) is 0 Å². The number of amides is 1. The number of nitrogens with one attached hydrogen (secondary N) is 1. The van der Waals surface area contributed by atoms with Gasteiger partial charge in [0.2, 0.25) is 15.9 Å². The van der Waals surface area contributed by atoms with Gasteiger partial charge in [0.1, 0.15) is 11.5 Å². The fraction of sp³-hybridized carbons (Fsp3) is 0.381. The van der Waals surface area contributed by atoms with Crippen LogP contribution in [0.5, 0.6) is 5.75 Å². The van der Waals surface area contributed by atoms with Crippen molar-refractivity contribution in [2.75, 3.05) is 25.0 Å². The Labute approximate surface area is 183 Å². The van der Waals surface area contributed by atoms with Gasteiger partial charge in [-0.3, -0.25) is 4.79 Å². The van der Waals surface area contributed by atoms with E-state index in [0.29, 0.717) is 18.8 Å². The van der Waals surface area contributed by atoms with Crippen LogP contribution in [-0.4, -0.2) is 44.5 Å². The molecule has 1 aromatic carbocycles. The van der Waals surface area contributed by atoms with E-state index in [-0.39, 0.29) is 16.3 Å². The number of rotatable bonds is 7. The Morgan fingerprint density at radius 3 is 2.50 bits per heavy atom. The molecule has 0 spiro atoms. The Balaban J connectivity index is 1.87. The van der Waals surface area contributed by atoms with E-state index in [2.05, 4.69) is 5.32 Å². The molecule has 32 heavy (non-hydrogen) atoms. The lowest BCUT2D eigenvalue weighted by Gasteiger charge is -2.21. The Morgan fingerprint density at radius 1 is 1.16 bits per heavy atom. The van der Waals surface area contributed by atoms with Gasteiger partial charge in [0.15, 0.2) is 6.61 Å². The first-order chi connectivity index (χ1) is 15.1. The molecule has 174 valence electrons. The molecule has 2 aromatic rings. The molecule has 0 aliphatic carbocycles. The molecule has 1 aliphatic rings. The molecule has 1 N–H and O–H groups in total. The predicted molar refractivity (Wildman–Crippen MR) is 112 cm³/mol. The molecule has 11 heteroatoms. The van der Waals surface area contributed by atoms with E-state index in [4.69, 9.17) is 9.15 Å². The quantitative estimate of drug-likeness (QED) is 0.602. The van der Waals surface area contributed by atoms with Gasteiger partial charge in [-0.25, -0.2) is 8.42 Å². The second-order valence-corrected chi connectivity index (χ2v) is 9.16. The Bertz CT molecular complexity index is 1040. The zero-order chi connectivity index (χ0) is 23.2. The third kappa shape index (κ3) is 6.60. The zero-order valence-corrected chi connectivity index (χ0v) is 17.9. The van der Waals surface area contributed by atoms with Gasteiger partial charge in [-0.1, -0.05) is 12.8 Å². The lowest BCUT2D eigenvalue weighted by Crippen LogP contribution is -2.32. The molecule has 3 rings (SSSR count). The van der Waals surface area contributed by atoms with Crippen LogP contribution in [0.2, 0.25) is 0 Å². The van der Waals surface area contributed by atoms with Crippen molar-refractivity contribution in [2.45, 2.75) is 36.8 Å². The lowest BCUT2D eigenvalue weighted by molar-refractivity contribution is -0.153. The summed E-state index contributed by atoms with van der Waals surface area (Å²) in [7, 11) is -3.88. The van der Waals surface area contributed by atoms with Gasteiger partial charge < -0.3 is 14.5 Å². The number of benzene rings is 1. The second kappa shape index (κ2) is 10.2. The maximum absolute atomic E-state index is 13.1. The summed E-state index contributed by atoms with van der Waals surface area (Å²) in [5.74, 6) is -0.592. The third-order valence-corrected chi connectivity index (χ3v) is 6.64. The van der Waals surface area contributed by atoms with Gasteiger partial charge >= 0.3 is 6.18 Å². The molecule has 1 amide bonds. The van der Waals surface area contributed by atoms with Crippen molar-refractivity contribution in [1.29, 1.82) is 0 Å². The van der Waals surface area contributed by atoms with Crippen LogP contribution in [0.4, 0.5) is 18.9 Å². The van der Waals surface area contributed by atoms with E-state index in [1.807, 2.05) is 0 Å². The van der Waals surface area contributed by atoms with Crippen molar-refractivity contribution in [3.8, 4) is 5.75 Å². The molecule has 1 aliphatic heterocycles. The molecule has 1 fully saturated rings. The largest absolute Gasteiger partial charge is 0.482 e. The smallest absolute Gasteiger partial charge is 0.422 e. The summed E-state index contributed by atoms with van der Waals surface area (Å²) >= 11 is 0.